The van der Waals surface area contributed by atoms with Crippen LogP contribution in [0.4, 0.5) is 0 Å². The number of hydrogen-bond donors (Lipinski definition) is 2. The topological polar surface area (TPSA) is 53.6 Å². The number of nitrogens with one attached hydrogen (secondary N) is 1. The fourth-order valence-corrected chi connectivity index (χ4v) is 2.27. The second kappa shape index (κ2) is 10.2. The van der Waals surface area contributed by atoms with Crippen LogP contribution in [0.1, 0.15) is 45.2 Å². The molecule has 0 aliphatic carbocycles. The van der Waals surface area contributed by atoms with E-state index in [2.05, 4.69) is 67.2 Å². The maximum Gasteiger partial charge on any atom is 0.188 e. The van der Waals surface area contributed by atoms with E-state index in [9.17, 15) is 0 Å². The molecule has 0 heterocycles. The molecule has 0 saturated carbocycles. The van der Waals surface area contributed by atoms with Crippen molar-refractivity contribution < 1.29 is 0 Å². The van der Waals surface area contributed by atoms with Crippen molar-refractivity contribution in [3.8, 4) is 0 Å². The monoisotopic (exact) mass is 304 g/mol. The third kappa shape index (κ3) is 6.94. The molecule has 0 spiro atoms. The van der Waals surface area contributed by atoms with Crippen LogP contribution >= 0.6 is 0 Å². The fourth-order valence-electron chi connectivity index (χ4n) is 2.27. The van der Waals surface area contributed by atoms with E-state index in [1.807, 2.05) is 0 Å². The minimum absolute atomic E-state index is 0.540. The maximum atomic E-state index is 5.94. The molecule has 22 heavy (non-hydrogen) atoms. The van der Waals surface area contributed by atoms with Crippen molar-refractivity contribution in [2.24, 2.45) is 16.6 Å². The predicted molar refractivity (Wildman–Crippen MR) is 95.9 cm³/mol. The Morgan fingerprint density at radius 1 is 1.18 bits per heavy atom. The lowest BCUT2D eigenvalue weighted by Gasteiger charge is -2.19. The van der Waals surface area contributed by atoms with Crippen LogP contribution in [-0.2, 0) is 13.1 Å². The van der Waals surface area contributed by atoms with Crippen molar-refractivity contribution in [2.75, 3.05) is 19.6 Å². The Labute approximate surface area is 135 Å². The number of nitrogens with zero attached hydrogens (tertiary/aromatic N) is 2. The van der Waals surface area contributed by atoms with E-state index in [4.69, 9.17) is 5.73 Å². The summed E-state index contributed by atoms with van der Waals surface area (Å²) in [5.41, 5.74) is 8.53. The highest BCUT2D eigenvalue weighted by Crippen LogP contribution is 2.12. The van der Waals surface area contributed by atoms with Gasteiger partial charge in [-0.3, -0.25) is 4.90 Å². The van der Waals surface area contributed by atoms with Gasteiger partial charge in [-0.25, -0.2) is 4.99 Å². The molecule has 1 aromatic rings. The Morgan fingerprint density at radius 2 is 1.82 bits per heavy atom. The fraction of sp³-hybridized carbons (Fsp3) is 0.611. The van der Waals surface area contributed by atoms with E-state index in [0.717, 1.165) is 32.6 Å². The Bertz CT molecular complexity index is 450. The lowest BCUT2D eigenvalue weighted by Crippen LogP contribution is -2.33. The van der Waals surface area contributed by atoms with Crippen LogP contribution in [0.25, 0.3) is 0 Å². The molecule has 4 nitrogen and oxygen atoms in total. The van der Waals surface area contributed by atoms with Crippen molar-refractivity contribution in [3.05, 3.63) is 35.4 Å². The zero-order valence-electron chi connectivity index (χ0n) is 14.6. The van der Waals surface area contributed by atoms with Crippen molar-refractivity contribution in [1.29, 1.82) is 0 Å². The zero-order chi connectivity index (χ0) is 16.4. The minimum atomic E-state index is 0.540. The summed E-state index contributed by atoms with van der Waals surface area (Å²) in [6, 6.07) is 8.49. The Morgan fingerprint density at radius 3 is 2.41 bits per heavy atom. The maximum absolute atomic E-state index is 5.94. The molecule has 0 atom stereocenters. The van der Waals surface area contributed by atoms with Crippen LogP contribution in [0.2, 0.25) is 0 Å². The normalized spacial score (nSPS) is 12.2. The summed E-state index contributed by atoms with van der Waals surface area (Å²) in [6.45, 7) is 13.4. The Hall–Kier alpha value is -1.55. The van der Waals surface area contributed by atoms with Crippen LogP contribution in [0.15, 0.2) is 29.3 Å². The van der Waals surface area contributed by atoms with Crippen molar-refractivity contribution >= 4 is 5.96 Å². The first-order valence-electron chi connectivity index (χ1n) is 8.39. The van der Waals surface area contributed by atoms with E-state index in [-0.39, 0.29) is 0 Å². The smallest absolute Gasteiger partial charge is 0.188 e. The molecular formula is C18H32N4. The minimum Gasteiger partial charge on any atom is -0.370 e. The SMILES string of the molecule is CCN(CC)Cc1ccccc1CN=C(N)NCCC(C)C. The van der Waals surface area contributed by atoms with Gasteiger partial charge >= 0.3 is 0 Å². The van der Waals surface area contributed by atoms with Gasteiger partial charge in [-0.2, -0.15) is 0 Å². The highest BCUT2D eigenvalue weighted by molar-refractivity contribution is 5.77. The number of rotatable bonds is 9. The standard InChI is InChI=1S/C18H32N4/c1-5-22(6-2)14-17-10-8-7-9-16(17)13-21-18(19)20-12-11-15(3)4/h7-10,15H,5-6,11-14H2,1-4H3,(H3,19,20,21). The van der Waals surface area contributed by atoms with E-state index in [1.165, 1.54) is 11.1 Å². The molecule has 0 bridgehead atoms. The van der Waals surface area contributed by atoms with Crippen molar-refractivity contribution in [1.82, 2.24) is 10.2 Å². The summed E-state index contributed by atoms with van der Waals surface area (Å²) >= 11 is 0. The summed E-state index contributed by atoms with van der Waals surface area (Å²) in [7, 11) is 0. The molecule has 1 aromatic carbocycles. The third-order valence-corrected chi connectivity index (χ3v) is 3.85. The average molecular weight is 304 g/mol. The van der Waals surface area contributed by atoms with Gasteiger partial charge in [0.1, 0.15) is 0 Å². The quantitative estimate of drug-likeness (QED) is 0.545. The first-order chi connectivity index (χ1) is 10.6. The molecule has 124 valence electrons. The average Bonchev–Trinajstić information content (AvgIpc) is 2.51. The van der Waals surface area contributed by atoms with Gasteiger partial charge in [0.05, 0.1) is 6.54 Å². The third-order valence-electron chi connectivity index (χ3n) is 3.85. The van der Waals surface area contributed by atoms with Gasteiger partial charge < -0.3 is 11.1 Å². The van der Waals surface area contributed by atoms with Crippen LogP contribution in [0.5, 0.6) is 0 Å². The van der Waals surface area contributed by atoms with Crippen molar-refractivity contribution in [3.63, 3.8) is 0 Å². The van der Waals surface area contributed by atoms with Gasteiger partial charge in [0.15, 0.2) is 5.96 Å². The summed E-state index contributed by atoms with van der Waals surface area (Å²) < 4.78 is 0. The Balaban J connectivity index is 2.61. The van der Waals surface area contributed by atoms with Gasteiger partial charge in [-0.15, -0.1) is 0 Å². The molecule has 3 N–H and O–H groups in total. The highest BCUT2D eigenvalue weighted by Gasteiger charge is 2.06. The van der Waals surface area contributed by atoms with E-state index >= 15 is 0 Å². The van der Waals surface area contributed by atoms with Crippen molar-refractivity contribution in [2.45, 2.75) is 47.2 Å². The second-order valence-electron chi connectivity index (χ2n) is 6.04. The number of benzene rings is 1. The lowest BCUT2D eigenvalue weighted by atomic mass is 10.1. The summed E-state index contributed by atoms with van der Waals surface area (Å²) in [6.07, 6.45) is 1.11. The molecule has 0 fully saturated rings. The molecule has 0 radical (unpaired) electrons. The van der Waals surface area contributed by atoms with Gasteiger partial charge in [0, 0.05) is 13.1 Å². The van der Waals surface area contributed by atoms with E-state index < -0.39 is 0 Å². The molecule has 0 saturated heterocycles. The molecule has 0 aliphatic rings. The first-order valence-corrected chi connectivity index (χ1v) is 8.39. The van der Waals surface area contributed by atoms with E-state index in [1.54, 1.807) is 0 Å². The zero-order valence-corrected chi connectivity index (χ0v) is 14.6. The summed E-state index contributed by atoms with van der Waals surface area (Å²) in [5, 5.41) is 3.18. The highest BCUT2D eigenvalue weighted by atomic mass is 15.1. The van der Waals surface area contributed by atoms with Gasteiger partial charge in [-0.1, -0.05) is 52.0 Å². The van der Waals surface area contributed by atoms with Crippen LogP contribution in [-0.4, -0.2) is 30.5 Å². The van der Waals surface area contributed by atoms with E-state index in [0.29, 0.717) is 18.4 Å². The number of hydrogen-bond acceptors (Lipinski definition) is 2. The van der Waals surface area contributed by atoms with Gasteiger partial charge in [0.25, 0.3) is 0 Å². The van der Waals surface area contributed by atoms with Crippen LogP contribution in [0.3, 0.4) is 0 Å². The molecule has 0 aromatic heterocycles. The molecular weight excluding hydrogens is 272 g/mol. The Kier molecular flexibility index (Phi) is 8.60. The number of nitrogens with two attached hydrogens (primary N) is 1. The van der Waals surface area contributed by atoms with Crippen LogP contribution < -0.4 is 11.1 Å². The number of aliphatic imine (C=N–C) groups is 1. The molecule has 0 amide bonds. The first kappa shape index (κ1) is 18.5. The summed E-state index contributed by atoms with van der Waals surface area (Å²) in [5.74, 6) is 1.22. The van der Waals surface area contributed by atoms with Gasteiger partial charge in [0.2, 0.25) is 0 Å². The lowest BCUT2D eigenvalue weighted by molar-refractivity contribution is 0.295. The molecule has 0 unspecified atom stereocenters. The molecule has 1 rings (SSSR count). The second-order valence-corrected chi connectivity index (χ2v) is 6.04. The molecule has 4 heteroatoms. The summed E-state index contributed by atoms with van der Waals surface area (Å²) in [4.78, 5) is 6.89. The molecule has 0 aliphatic heterocycles. The number of guanidine groups is 1. The van der Waals surface area contributed by atoms with Crippen LogP contribution in [0, 0.1) is 5.92 Å². The largest absolute Gasteiger partial charge is 0.370 e. The van der Waals surface area contributed by atoms with Gasteiger partial charge in [-0.05, 0) is 36.6 Å². The predicted octanol–water partition coefficient (Wildman–Crippen LogP) is 2.98.